The maximum atomic E-state index is 12.9. The van der Waals surface area contributed by atoms with Gasteiger partial charge in [-0.05, 0) is 19.4 Å². The SMILES string of the molecule is Cc1c(C(=O)N2CCN(C(=O)CC#N)CC2)c(C)n2ccncc12. The fourth-order valence-electron chi connectivity index (χ4n) is 3.26. The normalized spacial score (nSPS) is 14.7. The number of nitriles is 1. The molecule has 3 heterocycles. The molecular formula is C17H19N5O2. The molecule has 1 aliphatic rings. The van der Waals surface area contributed by atoms with Crippen molar-refractivity contribution < 1.29 is 9.59 Å². The number of fused-ring (bicyclic) bond motifs is 1. The second-order valence-electron chi connectivity index (χ2n) is 5.92. The zero-order valence-electron chi connectivity index (χ0n) is 13.8. The predicted octanol–water partition coefficient (Wildman–Crippen LogP) is 1.15. The lowest BCUT2D eigenvalue weighted by Crippen LogP contribution is -2.50. The molecule has 124 valence electrons. The molecule has 1 aliphatic heterocycles. The second kappa shape index (κ2) is 6.32. The smallest absolute Gasteiger partial charge is 0.256 e. The maximum Gasteiger partial charge on any atom is 0.256 e. The Bertz CT molecular complexity index is 802. The van der Waals surface area contributed by atoms with Crippen LogP contribution in [0.15, 0.2) is 18.6 Å². The number of amides is 2. The van der Waals surface area contributed by atoms with E-state index < -0.39 is 0 Å². The molecule has 0 atom stereocenters. The number of carbonyl (C=O) groups excluding carboxylic acids is 2. The van der Waals surface area contributed by atoms with Gasteiger partial charge in [-0.3, -0.25) is 14.6 Å². The Kier molecular flexibility index (Phi) is 4.21. The van der Waals surface area contributed by atoms with Gasteiger partial charge in [-0.25, -0.2) is 0 Å². The molecule has 2 aromatic heterocycles. The van der Waals surface area contributed by atoms with Crippen LogP contribution in [0.3, 0.4) is 0 Å². The molecule has 0 radical (unpaired) electrons. The number of nitrogens with zero attached hydrogens (tertiary/aromatic N) is 5. The fourth-order valence-corrected chi connectivity index (χ4v) is 3.26. The lowest BCUT2D eigenvalue weighted by molar-refractivity contribution is -0.131. The molecular weight excluding hydrogens is 306 g/mol. The molecule has 0 bridgehead atoms. The van der Waals surface area contributed by atoms with Crippen molar-refractivity contribution in [3.8, 4) is 6.07 Å². The van der Waals surface area contributed by atoms with E-state index in [1.54, 1.807) is 22.2 Å². The highest BCUT2D eigenvalue weighted by Gasteiger charge is 2.28. The number of carbonyl (C=O) groups is 2. The molecule has 0 spiro atoms. The van der Waals surface area contributed by atoms with Crippen molar-refractivity contribution in [2.75, 3.05) is 26.2 Å². The molecule has 7 nitrogen and oxygen atoms in total. The third kappa shape index (κ3) is 2.60. The Morgan fingerprint density at radius 3 is 2.50 bits per heavy atom. The second-order valence-corrected chi connectivity index (χ2v) is 5.92. The van der Waals surface area contributed by atoms with E-state index in [0.717, 1.165) is 16.8 Å². The van der Waals surface area contributed by atoms with Crippen molar-refractivity contribution >= 4 is 17.3 Å². The molecule has 2 amide bonds. The van der Waals surface area contributed by atoms with Gasteiger partial charge in [-0.2, -0.15) is 5.26 Å². The van der Waals surface area contributed by atoms with Crippen molar-refractivity contribution in [2.24, 2.45) is 0 Å². The van der Waals surface area contributed by atoms with Crippen LogP contribution >= 0.6 is 0 Å². The Morgan fingerprint density at radius 1 is 1.21 bits per heavy atom. The van der Waals surface area contributed by atoms with Gasteiger partial charge in [0.05, 0.1) is 23.3 Å². The Hall–Kier alpha value is -2.88. The standard InChI is InChI=1S/C17H19N5O2/c1-12-14-11-19-5-6-22(14)13(2)16(12)17(24)21-9-7-20(8-10-21)15(23)3-4-18/h5-6,11H,3,7-10H2,1-2H3. The third-order valence-corrected chi connectivity index (χ3v) is 4.60. The van der Waals surface area contributed by atoms with E-state index in [4.69, 9.17) is 5.26 Å². The highest BCUT2D eigenvalue weighted by atomic mass is 16.2. The van der Waals surface area contributed by atoms with E-state index in [2.05, 4.69) is 4.98 Å². The summed E-state index contributed by atoms with van der Waals surface area (Å²) in [5, 5.41) is 8.62. The van der Waals surface area contributed by atoms with Crippen LogP contribution in [0.1, 0.15) is 28.0 Å². The van der Waals surface area contributed by atoms with E-state index >= 15 is 0 Å². The van der Waals surface area contributed by atoms with Gasteiger partial charge in [0.2, 0.25) is 5.91 Å². The van der Waals surface area contributed by atoms with Crippen LogP contribution in [0.4, 0.5) is 0 Å². The molecule has 7 heteroatoms. The molecule has 0 N–H and O–H groups in total. The van der Waals surface area contributed by atoms with Crippen LogP contribution in [0.2, 0.25) is 0 Å². The van der Waals surface area contributed by atoms with Crippen LogP contribution < -0.4 is 0 Å². The summed E-state index contributed by atoms with van der Waals surface area (Å²) >= 11 is 0. The van der Waals surface area contributed by atoms with Gasteiger partial charge < -0.3 is 14.2 Å². The highest BCUT2D eigenvalue weighted by molar-refractivity contribution is 5.99. The summed E-state index contributed by atoms with van der Waals surface area (Å²) in [4.78, 5) is 32.3. The van der Waals surface area contributed by atoms with Crippen molar-refractivity contribution in [1.82, 2.24) is 19.2 Å². The summed E-state index contributed by atoms with van der Waals surface area (Å²) in [5.41, 5.74) is 3.47. The van der Waals surface area contributed by atoms with E-state index in [9.17, 15) is 9.59 Å². The minimum atomic E-state index is -0.169. The van der Waals surface area contributed by atoms with Crippen molar-refractivity contribution in [2.45, 2.75) is 20.3 Å². The molecule has 3 rings (SSSR count). The molecule has 0 unspecified atom stereocenters. The van der Waals surface area contributed by atoms with Crippen molar-refractivity contribution in [1.29, 1.82) is 5.26 Å². The lowest BCUT2D eigenvalue weighted by atomic mass is 10.1. The van der Waals surface area contributed by atoms with Gasteiger partial charge in [0.25, 0.3) is 5.91 Å². The minimum Gasteiger partial charge on any atom is -0.338 e. The number of hydrogen-bond acceptors (Lipinski definition) is 4. The van der Waals surface area contributed by atoms with Crippen LogP contribution in [-0.4, -0.2) is 57.2 Å². The molecule has 0 aliphatic carbocycles. The zero-order chi connectivity index (χ0) is 17.3. The average molecular weight is 325 g/mol. The number of aromatic nitrogens is 2. The first-order chi connectivity index (χ1) is 11.5. The first-order valence-electron chi connectivity index (χ1n) is 7.89. The van der Waals surface area contributed by atoms with Gasteiger partial charge in [-0.1, -0.05) is 0 Å². The maximum absolute atomic E-state index is 12.9. The predicted molar refractivity (Wildman–Crippen MR) is 87.4 cm³/mol. The number of rotatable bonds is 2. The van der Waals surface area contributed by atoms with Gasteiger partial charge in [0, 0.05) is 44.3 Å². The largest absolute Gasteiger partial charge is 0.338 e. The first-order valence-corrected chi connectivity index (χ1v) is 7.89. The summed E-state index contributed by atoms with van der Waals surface area (Å²) in [6.07, 6.45) is 5.21. The Balaban J connectivity index is 1.80. The Morgan fingerprint density at radius 2 is 1.88 bits per heavy atom. The minimum absolute atomic E-state index is 0.0129. The third-order valence-electron chi connectivity index (χ3n) is 4.60. The van der Waals surface area contributed by atoms with Gasteiger partial charge in [0.1, 0.15) is 6.42 Å². The average Bonchev–Trinajstić information content (AvgIpc) is 2.86. The number of aryl methyl sites for hydroxylation is 2. The quantitative estimate of drug-likeness (QED) is 0.829. The van der Waals surface area contributed by atoms with Gasteiger partial charge in [-0.15, -0.1) is 0 Å². The molecule has 0 saturated carbocycles. The molecule has 2 aromatic rings. The highest BCUT2D eigenvalue weighted by Crippen LogP contribution is 2.23. The van der Waals surface area contributed by atoms with Gasteiger partial charge in [0.15, 0.2) is 0 Å². The molecule has 1 saturated heterocycles. The summed E-state index contributed by atoms with van der Waals surface area (Å²) in [7, 11) is 0. The summed E-state index contributed by atoms with van der Waals surface area (Å²) in [5.74, 6) is -0.182. The summed E-state index contributed by atoms with van der Waals surface area (Å²) in [6.45, 7) is 5.78. The van der Waals surface area contributed by atoms with E-state index in [1.807, 2.05) is 30.5 Å². The lowest BCUT2D eigenvalue weighted by Gasteiger charge is -2.34. The van der Waals surface area contributed by atoms with E-state index in [-0.39, 0.29) is 18.2 Å². The van der Waals surface area contributed by atoms with Crippen molar-refractivity contribution in [3.05, 3.63) is 35.4 Å². The van der Waals surface area contributed by atoms with Gasteiger partial charge >= 0.3 is 0 Å². The summed E-state index contributed by atoms with van der Waals surface area (Å²) in [6, 6.07) is 1.87. The van der Waals surface area contributed by atoms with Crippen LogP contribution in [0.25, 0.3) is 5.52 Å². The molecule has 1 fully saturated rings. The molecule has 24 heavy (non-hydrogen) atoms. The first kappa shape index (κ1) is 16.0. The zero-order valence-corrected chi connectivity index (χ0v) is 13.8. The monoisotopic (exact) mass is 325 g/mol. The van der Waals surface area contributed by atoms with Crippen LogP contribution in [-0.2, 0) is 4.79 Å². The Labute approximate surface area is 140 Å². The molecule has 0 aromatic carbocycles. The number of hydrogen-bond donors (Lipinski definition) is 0. The van der Waals surface area contributed by atoms with Crippen molar-refractivity contribution in [3.63, 3.8) is 0 Å². The topological polar surface area (TPSA) is 81.7 Å². The van der Waals surface area contributed by atoms with Crippen LogP contribution in [0, 0.1) is 25.2 Å². The van der Waals surface area contributed by atoms with Crippen LogP contribution in [0.5, 0.6) is 0 Å². The van der Waals surface area contributed by atoms with E-state index in [1.165, 1.54) is 0 Å². The number of piperazine rings is 1. The van der Waals surface area contributed by atoms with E-state index in [0.29, 0.717) is 31.7 Å². The fraction of sp³-hybridized carbons (Fsp3) is 0.412. The summed E-state index contributed by atoms with van der Waals surface area (Å²) < 4.78 is 1.97.